The second kappa shape index (κ2) is 5.37. The van der Waals surface area contributed by atoms with Crippen molar-refractivity contribution in [3.05, 3.63) is 75.6 Å². The van der Waals surface area contributed by atoms with Gasteiger partial charge in [0.05, 0.1) is 11.3 Å². The Hall–Kier alpha value is -2.68. The molecule has 1 N–H and O–H groups in total. The average molecular weight is 276 g/mol. The van der Waals surface area contributed by atoms with Crippen LogP contribution in [0.3, 0.4) is 0 Å². The summed E-state index contributed by atoms with van der Waals surface area (Å²) in [6.07, 6.45) is 1.63. The fraction of sp³-hybridized carbons (Fsp3) is 0.111. The van der Waals surface area contributed by atoms with Crippen molar-refractivity contribution in [2.45, 2.75) is 13.8 Å². The maximum atomic E-state index is 12.1. The third-order valence-corrected chi connectivity index (χ3v) is 3.49. The number of nitrogens with one attached hydrogen (secondary N) is 1. The molecule has 0 amide bonds. The monoisotopic (exact) mass is 276 g/mol. The zero-order chi connectivity index (χ0) is 14.8. The van der Waals surface area contributed by atoms with E-state index < -0.39 is 0 Å². The van der Waals surface area contributed by atoms with Gasteiger partial charge in [0.15, 0.2) is 0 Å². The summed E-state index contributed by atoms with van der Waals surface area (Å²) < 4.78 is 0. The van der Waals surface area contributed by atoms with Gasteiger partial charge in [-0.3, -0.25) is 9.79 Å². The minimum absolute atomic E-state index is 0.122. The Morgan fingerprint density at radius 1 is 1.05 bits per heavy atom. The molecular weight excluding hydrogens is 260 g/mol. The molecule has 0 bridgehead atoms. The van der Waals surface area contributed by atoms with Crippen molar-refractivity contribution in [2.24, 2.45) is 4.99 Å². The number of fused-ring (bicyclic) bond motifs is 1. The first kappa shape index (κ1) is 13.3. The molecule has 3 nitrogen and oxygen atoms in total. The minimum Gasteiger partial charge on any atom is -0.321 e. The topological polar surface area (TPSA) is 45.2 Å². The van der Waals surface area contributed by atoms with E-state index >= 15 is 0 Å². The minimum atomic E-state index is -0.122. The van der Waals surface area contributed by atoms with E-state index in [-0.39, 0.29) is 5.56 Å². The summed E-state index contributed by atoms with van der Waals surface area (Å²) in [5.74, 6) is 0. The molecule has 0 radical (unpaired) electrons. The van der Waals surface area contributed by atoms with E-state index in [0.29, 0.717) is 5.56 Å². The van der Waals surface area contributed by atoms with Crippen LogP contribution in [0.25, 0.3) is 10.9 Å². The second-order valence-corrected chi connectivity index (χ2v) is 5.19. The van der Waals surface area contributed by atoms with Crippen LogP contribution in [0.15, 0.2) is 58.3 Å². The number of benzene rings is 2. The van der Waals surface area contributed by atoms with Gasteiger partial charge in [-0.1, -0.05) is 30.3 Å². The van der Waals surface area contributed by atoms with Gasteiger partial charge in [-0.25, -0.2) is 0 Å². The van der Waals surface area contributed by atoms with Crippen molar-refractivity contribution in [2.75, 3.05) is 0 Å². The number of hydrogen-bond acceptors (Lipinski definition) is 2. The molecule has 0 unspecified atom stereocenters. The maximum Gasteiger partial charge on any atom is 0.257 e. The van der Waals surface area contributed by atoms with Crippen LogP contribution in [0.4, 0.5) is 5.69 Å². The molecule has 0 fully saturated rings. The van der Waals surface area contributed by atoms with Crippen molar-refractivity contribution in [3.63, 3.8) is 0 Å². The lowest BCUT2D eigenvalue weighted by molar-refractivity contribution is 1.29. The smallest absolute Gasteiger partial charge is 0.257 e. The Balaban J connectivity index is 2.05. The van der Waals surface area contributed by atoms with Gasteiger partial charge in [0, 0.05) is 11.7 Å². The number of aromatic nitrogens is 1. The number of para-hydroxylation sites is 1. The first-order valence-electron chi connectivity index (χ1n) is 6.87. The number of nitrogens with zero attached hydrogens (tertiary/aromatic N) is 1. The Morgan fingerprint density at radius 3 is 2.71 bits per heavy atom. The van der Waals surface area contributed by atoms with Gasteiger partial charge < -0.3 is 4.98 Å². The number of rotatable bonds is 2. The van der Waals surface area contributed by atoms with E-state index in [2.05, 4.69) is 16.0 Å². The van der Waals surface area contributed by atoms with Gasteiger partial charge in [0.1, 0.15) is 0 Å². The number of H-pyrrole nitrogens is 1. The van der Waals surface area contributed by atoms with Gasteiger partial charge in [0.2, 0.25) is 0 Å². The second-order valence-electron chi connectivity index (χ2n) is 5.19. The predicted octanol–water partition coefficient (Wildman–Crippen LogP) is 3.90. The molecule has 0 spiro atoms. The molecule has 104 valence electrons. The number of aromatic amines is 1. The molecule has 3 rings (SSSR count). The van der Waals surface area contributed by atoms with Crippen LogP contribution in [-0.4, -0.2) is 11.2 Å². The highest BCUT2D eigenvalue weighted by molar-refractivity contribution is 5.88. The maximum absolute atomic E-state index is 12.1. The average Bonchev–Trinajstić information content (AvgIpc) is 2.48. The summed E-state index contributed by atoms with van der Waals surface area (Å²) in [6.45, 7) is 4.04. The van der Waals surface area contributed by atoms with Crippen LogP contribution in [-0.2, 0) is 0 Å². The Morgan fingerprint density at radius 2 is 1.86 bits per heavy atom. The molecule has 0 aliphatic heterocycles. The first-order chi connectivity index (χ1) is 10.1. The summed E-state index contributed by atoms with van der Waals surface area (Å²) in [7, 11) is 0. The zero-order valence-electron chi connectivity index (χ0n) is 12.1. The standard InChI is InChI=1S/C18H16N2O/c1-12-7-8-13(2)17(9-12)19-11-15-10-14-5-3-4-6-16(14)20-18(15)21/h3-11H,1-2H3,(H,20,21). The normalized spacial score (nSPS) is 11.3. The Bertz CT molecular complexity index is 891. The fourth-order valence-corrected chi connectivity index (χ4v) is 2.26. The van der Waals surface area contributed by atoms with Gasteiger partial charge in [-0.05, 0) is 48.6 Å². The van der Waals surface area contributed by atoms with Crippen LogP contribution in [0, 0.1) is 13.8 Å². The van der Waals surface area contributed by atoms with E-state index in [1.54, 1.807) is 6.21 Å². The lowest BCUT2D eigenvalue weighted by atomic mass is 10.1. The number of pyridine rings is 1. The molecule has 0 aliphatic carbocycles. The molecule has 3 heteroatoms. The highest BCUT2D eigenvalue weighted by Gasteiger charge is 2.01. The summed E-state index contributed by atoms with van der Waals surface area (Å²) in [5.41, 5.74) is 4.42. The largest absolute Gasteiger partial charge is 0.321 e. The summed E-state index contributed by atoms with van der Waals surface area (Å²) in [6, 6.07) is 15.7. The van der Waals surface area contributed by atoms with Crippen LogP contribution in [0.1, 0.15) is 16.7 Å². The summed E-state index contributed by atoms with van der Waals surface area (Å²) >= 11 is 0. The van der Waals surface area contributed by atoms with Crippen molar-refractivity contribution in [1.82, 2.24) is 4.98 Å². The molecule has 0 aliphatic rings. The molecule has 2 aromatic carbocycles. The quantitative estimate of drug-likeness (QED) is 0.709. The molecule has 1 heterocycles. The van der Waals surface area contributed by atoms with Gasteiger partial charge >= 0.3 is 0 Å². The van der Waals surface area contributed by atoms with E-state index in [4.69, 9.17) is 0 Å². The van der Waals surface area contributed by atoms with Crippen molar-refractivity contribution < 1.29 is 0 Å². The van der Waals surface area contributed by atoms with Crippen molar-refractivity contribution in [3.8, 4) is 0 Å². The predicted molar refractivity (Wildman–Crippen MR) is 87.7 cm³/mol. The lowest BCUT2D eigenvalue weighted by Gasteiger charge is -2.02. The zero-order valence-corrected chi connectivity index (χ0v) is 12.1. The first-order valence-corrected chi connectivity index (χ1v) is 6.87. The molecule has 0 atom stereocenters. The highest BCUT2D eigenvalue weighted by Crippen LogP contribution is 2.19. The number of aryl methyl sites for hydroxylation is 2. The van der Waals surface area contributed by atoms with Gasteiger partial charge in [-0.15, -0.1) is 0 Å². The van der Waals surface area contributed by atoms with E-state index in [9.17, 15) is 4.79 Å². The van der Waals surface area contributed by atoms with Gasteiger partial charge in [0.25, 0.3) is 5.56 Å². The number of hydrogen-bond donors (Lipinski definition) is 1. The van der Waals surface area contributed by atoms with Crippen molar-refractivity contribution >= 4 is 22.8 Å². The van der Waals surface area contributed by atoms with E-state index in [0.717, 1.165) is 27.7 Å². The van der Waals surface area contributed by atoms with Crippen LogP contribution in [0.5, 0.6) is 0 Å². The molecule has 0 saturated heterocycles. The molecule has 21 heavy (non-hydrogen) atoms. The fourth-order valence-electron chi connectivity index (χ4n) is 2.26. The van der Waals surface area contributed by atoms with Gasteiger partial charge in [-0.2, -0.15) is 0 Å². The van der Waals surface area contributed by atoms with Crippen LogP contribution in [0.2, 0.25) is 0 Å². The third-order valence-electron chi connectivity index (χ3n) is 3.49. The third kappa shape index (κ3) is 2.77. The Kier molecular flexibility index (Phi) is 3.40. The molecule has 3 aromatic rings. The van der Waals surface area contributed by atoms with E-state index in [1.807, 2.05) is 56.3 Å². The van der Waals surface area contributed by atoms with Crippen molar-refractivity contribution in [1.29, 1.82) is 0 Å². The van der Waals surface area contributed by atoms with E-state index in [1.165, 1.54) is 0 Å². The highest BCUT2D eigenvalue weighted by atomic mass is 16.1. The van der Waals surface area contributed by atoms with Crippen LogP contribution >= 0.6 is 0 Å². The molecular formula is C18H16N2O. The SMILES string of the molecule is Cc1ccc(C)c(N=Cc2cc3ccccc3[nH]c2=O)c1. The number of aliphatic imine (C=N–C) groups is 1. The molecule has 0 saturated carbocycles. The molecule has 1 aromatic heterocycles. The lowest BCUT2D eigenvalue weighted by Crippen LogP contribution is -2.11. The summed E-state index contributed by atoms with van der Waals surface area (Å²) in [4.78, 5) is 19.4. The van der Waals surface area contributed by atoms with Crippen LogP contribution < -0.4 is 5.56 Å². The Labute approximate surface area is 123 Å². The summed E-state index contributed by atoms with van der Waals surface area (Å²) in [5, 5.41) is 1.000.